The van der Waals surface area contributed by atoms with E-state index < -0.39 is 11.6 Å². The Kier molecular flexibility index (Phi) is 5.57. The normalized spacial score (nSPS) is 17.5. The van der Waals surface area contributed by atoms with Crippen LogP contribution in [0.2, 0.25) is 0 Å². The lowest BCUT2D eigenvalue weighted by Crippen LogP contribution is -2.47. The zero-order valence-electron chi connectivity index (χ0n) is 15.9. The molecule has 4 rings (SSSR count). The number of carbonyl (C=O) groups excluding carboxylic acids is 1. The topological polar surface area (TPSA) is 26.8 Å². The molecule has 28 heavy (non-hydrogen) atoms. The van der Waals surface area contributed by atoms with Crippen molar-refractivity contribution in [1.82, 2.24) is 9.80 Å². The predicted molar refractivity (Wildman–Crippen MR) is 105 cm³/mol. The molecule has 0 radical (unpaired) electrons. The number of amides is 1. The minimum atomic E-state index is -0.557. The third-order valence-electron chi connectivity index (χ3n) is 5.75. The Hall–Kier alpha value is -2.47. The van der Waals surface area contributed by atoms with Crippen molar-refractivity contribution in [3.63, 3.8) is 0 Å². The summed E-state index contributed by atoms with van der Waals surface area (Å²) in [7, 11) is 0. The van der Waals surface area contributed by atoms with Gasteiger partial charge in [-0.25, -0.2) is 8.78 Å². The Morgan fingerprint density at radius 2 is 1.68 bits per heavy atom. The molecule has 1 fully saturated rings. The molecule has 0 aliphatic carbocycles. The second-order valence-electron chi connectivity index (χ2n) is 7.51. The third kappa shape index (κ3) is 4.17. The SMILES string of the molecule is O=C(CCN1CCN(c2ccc(F)cc2F)CC1)N1CCc2ccccc2C1. The van der Waals surface area contributed by atoms with E-state index in [2.05, 4.69) is 17.0 Å². The van der Waals surface area contributed by atoms with Crippen LogP contribution in [0, 0.1) is 11.6 Å². The van der Waals surface area contributed by atoms with E-state index in [9.17, 15) is 13.6 Å². The highest BCUT2D eigenvalue weighted by Gasteiger charge is 2.23. The lowest BCUT2D eigenvalue weighted by atomic mass is 10.00. The van der Waals surface area contributed by atoms with Crippen LogP contribution in [0.25, 0.3) is 0 Å². The summed E-state index contributed by atoms with van der Waals surface area (Å²) in [5, 5.41) is 0. The quantitative estimate of drug-likeness (QED) is 0.809. The lowest BCUT2D eigenvalue weighted by Gasteiger charge is -2.36. The van der Waals surface area contributed by atoms with Crippen LogP contribution in [0.15, 0.2) is 42.5 Å². The molecule has 0 atom stereocenters. The molecule has 0 spiro atoms. The van der Waals surface area contributed by atoms with Crippen LogP contribution in [-0.2, 0) is 17.8 Å². The maximum absolute atomic E-state index is 14.0. The molecule has 2 heterocycles. The van der Waals surface area contributed by atoms with E-state index in [1.807, 2.05) is 21.9 Å². The fourth-order valence-electron chi connectivity index (χ4n) is 4.07. The minimum Gasteiger partial charge on any atom is -0.367 e. The molecule has 1 saturated heterocycles. The van der Waals surface area contributed by atoms with Crippen molar-refractivity contribution in [3.8, 4) is 0 Å². The largest absolute Gasteiger partial charge is 0.367 e. The minimum absolute atomic E-state index is 0.196. The Labute approximate surface area is 164 Å². The lowest BCUT2D eigenvalue weighted by molar-refractivity contribution is -0.132. The number of carbonyl (C=O) groups is 1. The summed E-state index contributed by atoms with van der Waals surface area (Å²) in [5.74, 6) is -0.880. The van der Waals surface area contributed by atoms with Crippen molar-refractivity contribution in [2.45, 2.75) is 19.4 Å². The molecule has 2 aromatic carbocycles. The molecule has 2 aromatic rings. The summed E-state index contributed by atoms with van der Waals surface area (Å²) >= 11 is 0. The molecule has 0 N–H and O–H groups in total. The number of rotatable bonds is 4. The van der Waals surface area contributed by atoms with Gasteiger partial charge in [0.2, 0.25) is 5.91 Å². The first-order chi connectivity index (χ1) is 13.6. The van der Waals surface area contributed by atoms with Crippen molar-refractivity contribution in [1.29, 1.82) is 0 Å². The molecule has 1 amide bonds. The fourth-order valence-corrected chi connectivity index (χ4v) is 4.07. The number of hydrogen-bond acceptors (Lipinski definition) is 3. The number of piperazine rings is 1. The van der Waals surface area contributed by atoms with Gasteiger partial charge in [0.25, 0.3) is 0 Å². The highest BCUT2D eigenvalue weighted by atomic mass is 19.1. The van der Waals surface area contributed by atoms with Gasteiger partial charge < -0.3 is 9.80 Å². The van der Waals surface area contributed by atoms with Gasteiger partial charge in [-0.1, -0.05) is 24.3 Å². The fraction of sp³-hybridized carbons (Fsp3) is 0.409. The van der Waals surface area contributed by atoms with E-state index in [1.54, 1.807) is 0 Å². The summed E-state index contributed by atoms with van der Waals surface area (Å²) in [6, 6.07) is 12.0. The van der Waals surface area contributed by atoms with E-state index in [0.29, 0.717) is 31.7 Å². The zero-order chi connectivity index (χ0) is 19.5. The monoisotopic (exact) mass is 385 g/mol. The van der Waals surface area contributed by atoms with Gasteiger partial charge >= 0.3 is 0 Å². The van der Waals surface area contributed by atoms with E-state index in [4.69, 9.17) is 0 Å². The van der Waals surface area contributed by atoms with Gasteiger partial charge in [-0.2, -0.15) is 0 Å². The number of hydrogen-bond donors (Lipinski definition) is 0. The van der Waals surface area contributed by atoms with Crippen molar-refractivity contribution in [3.05, 3.63) is 65.2 Å². The Bertz CT molecular complexity index is 849. The first-order valence-electron chi connectivity index (χ1n) is 9.87. The first kappa shape index (κ1) is 18.9. The molecule has 2 aliphatic rings. The Balaban J connectivity index is 1.25. The molecule has 2 aliphatic heterocycles. The summed E-state index contributed by atoms with van der Waals surface area (Å²) in [6.07, 6.45) is 1.43. The third-order valence-corrected chi connectivity index (χ3v) is 5.75. The van der Waals surface area contributed by atoms with E-state index in [-0.39, 0.29) is 5.91 Å². The Morgan fingerprint density at radius 1 is 0.929 bits per heavy atom. The van der Waals surface area contributed by atoms with Gasteiger partial charge in [0.05, 0.1) is 5.69 Å². The molecule has 4 nitrogen and oxygen atoms in total. The predicted octanol–water partition coefficient (Wildman–Crippen LogP) is 3.06. The van der Waals surface area contributed by atoms with Crippen molar-refractivity contribution < 1.29 is 13.6 Å². The maximum atomic E-state index is 14.0. The van der Waals surface area contributed by atoms with Crippen LogP contribution in [0.5, 0.6) is 0 Å². The van der Waals surface area contributed by atoms with Crippen molar-refractivity contribution in [2.75, 3.05) is 44.2 Å². The molecule has 0 aromatic heterocycles. The number of nitrogens with zero attached hydrogens (tertiary/aromatic N) is 3. The maximum Gasteiger partial charge on any atom is 0.224 e. The highest BCUT2D eigenvalue weighted by Crippen LogP contribution is 2.22. The summed E-state index contributed by atoms with van der Waals surface area (Å²) in [5.41, 5.74) is 3.04. The summed E-state index contributed by atoms with van der Waals surface area (Å²) in [4.78, 5) is 18.8. The van der Waals surface area contributed by atoms with Gasteiger partial charge in [0.1, 0.15) is 11.6 Å². The van der Waals surface area contributed by atoms with Gasteiger partial charge in [0, 0.05) is 58.3 Å². The van der Waals surface area contributed by atoms with Crippen LogP contribution >= 0.6 is 0 Å². The van der Waals surface area contributed by atoms with Gasteiger partial charge in [0.15, 0.2) is 0 Å². The van der Waals surface area contributed by atoms with E-state index in [0.717, 1.165) is 38.7 Å². The second kappa shape index (κ2) is 8.27. The van der Waals surface area contributed by atoms with E-state index >= 15 is 0 Å². The number of benzene rings is 2. The Morgan fingerprint density at radius 3 is 2.43 bits per heavy atom. The van der Waals surface area contributed by atoms with E-state index in [1.165, 1.54) is 23.3 Å². The van der Waals surface area contributed by atoms with Gasteiger partial charge in [-0.05, 0) is 29.7 Å². The molecule has 0 unspecified atom stereocenters. The van der Waals surface area contributed by atoms with Crippen LogP contribution in [0.3, 0.4) is 0 Å². The van der Waals surface area contributed by atoms with Crippen LogP contribution < -0.4 is 4.90 Å². The molecule has 0 saturated carbocycles. The smallest absolute Gasteiger partial charge is 0.224 e. The molecule has 148 valence electrons. The van der Waals surface area contributed by atoms with Gasteiger partial charge in [-0.15, -0.1) is 0 Å². The average Bonchev–Trinajstić information content (AvgIpc) is 2.72. The van der Waals surface area contributed by atoms with Crippen LogP contribution in [0.4, 0.5) is 14.5 Å². The summed E-state index contributed by atoms with van der Waals surface area (Å²) in [6.45, 7) is 5.10. The van der Waals surface area contributed by atoms with Crippen LogP contribution in [0.1, 0.15) is 17.5 Å². The number of halogens is 2. The zero-order valence-corrected chi connectivity index (χ0v) is 15.9. The van der Waals surface area contributed by atoms with Crippen molar-refractivity contribution in [2.24, 2.45) is 0 Å². The number of anilines is 1. The number of fused-ring (bicyclic) bond motifs is 1. The first-order valence-corrected chi connectivity index (χ1v) is 9.87. The van der Waals surface area contributed by atoms with Gasteiger partial charge in [-0.3, -0.25) is 9.69 Å². The second-order valence-corrected chi connectivity index (χ2v) is 7.51. The molecule has 0 bridgehead atoms. The van der Waals surface area contributed by atoms with Crippen molar-refractivity contribution >= 4 is 11.6 Å². The average molecular weight is 385 g/mol. The summed E-state index contributed by atoms with van der Waals surface area (Å²) < 4.78 is 27.0. The molecule has 6 heteroatoms. The highest BCUT2D eigenvalue weighted by molar-refractivity contribution is 5.76. The standard InChI is InChI=1S/C22H25F2N3O/c23-19-5-6-21(20(24)15-19)26-13-11-25(12-14-26)9-8-22(28)27-10-7-17-3-1-2-4-18(17)16-27/h1-6,15H,7-14,16H2. The van der Waals surface area contributed by atoms with Crippen LogP contribution in [-0.4, -0.2) is 55.0 Å². The molecular weight excluding hydrogens is 360 g/mol. The molecular formula is C22H25F2N3O.